The molecule has 0 radical (unpaired) electrons. The lowest BCUT2D eigenvalue weighted by atomic mass is 10.2. The van der Waals surface area contributed by atoms with Crippen molar-refractivity contribution in [2.24, 2.45) is 10.5 Å². The van der Waals surface area contributed by atoms with Gasteiger partial charge in [0.05, 0.1) is 5.28 Å². The Hall–Kier alpha value is -3.21. The zero-order valence-corrected chi connectivity index (χ0v) is 12.5. The summed E-state index contributed by atoms with van der Waals surface area (Å²) in [4.78, 5) is 16.7. The van der Waals surface area contributed by atoms with Crippen LogP contribution in [0.4, 0.5) is 0 Å². The first kappa shape index (κ1) is 16.2. The molecule has 0 spiro atoms. The molecule has 0 fully saturated rings. The molecule has 5 heteroatoms. The summed E-state index contributed by atoms with van der Waals surface area (Å²) in [5, 5.41) is 7.01. The van der Waals surface area contributed by atoms with Gasteiger partial charge in [0.15, 0.2) is 5.75 Å². The Morgan fingerprint density at radius 3 is 2.61 bits per heavy atom. The summed E-state index contributed by atoms with van der Waals surface area (Å²) in [6, 6.07) is 7.40. The first-order valence-corrected chi connectivity index (χ1v) is 7.15. The summed E-state index contributed by atoms with van der Waals surface area (Å²) in [5.41, 5.74) is 3.11. The van der Waals surface area contributed by atoms with E-state index in [2.05, 4.69) is 15.9 Å². The van der Waals surface area contributed by atoms with Crippen molar-refractivity contribution < 1.29 is 9.63 Å². The van der Waals surface area contributed by atoms with Gasteiger partial charge < -0.3 is 4.84 Å². The molecule has 1 heterocycles. The van der Waals surface area contributed by atoms with Crippen molar-refractivity contribution in [3.05, 3.63) is 84.5 Å². The van der Waals surface area contributed by atoms with E-state index in [-0.39, 0.29) is 5.91 Å². The fourth-order valence-corrected chi connectivity index (χ4v) is 1.70. The number of carbonyl (C=O) groups is 1. The van der Waals surface area contributed by atoms with Crippen LogP contribution in [0.15, 0.2) is 89.5 Å². The number of nitrogens with one attached hydrogen (secondary N) is 1. The van der Waals surface area contributed by atoms with Crippen LogP contribution in [0.1, 0.15) is 12.0 Å². The van der Waals surface area contributed by atoms with Gasteiger partial charge in [0.25, 0.3) is 5.91 Å². The monoisotopic (exact) mass is 307 g/mol. The van der Waals surface area contributed by atoms with E-state index in [0.29, 0.717) is 12.2 Å². The molecule has 1 aromatic carbocycles. The van der Waals surface area contributed by atoms with Crippen LogP contribution in [-0.4, -0.2) is 5.91 Å². The maximum Gasteiger partial charge on any atom is 0.265 e. The van der Waals surface area contributed by atoms with E-state index in [1.54, 1.807) is 12.1 Å². The largest absolute Gasteiger partial charge is 0.338 e. The topological polar surface area (TPSA) is 63.0 Å². The lowest BCUT2D eigenvalue weighted by Crippen LogP contribution is -2.13. The predicted molar refractivity (Wildman–Crippen MR) is 90.3 cm³/mol. The number of allylic oxidation sites excluding steroid dienone is 8. The van der Waals surface area contributed by atoms with Crippen molar-refractivity contribution in [3.63, 3.8) is 0 Å². The van der Waals surface area contributed by atoms with E-state index >= 15 is 0 Å². The van der Waals surface area contributed by atoms with E-state index in [9.17, 15) is 4.79 Å². The summed E-state index contributed by atoms with van der Waals surface area (Å²) in [6.07, 6.45) is 19.1. The third kappa shape index (κ3) is 6.39. The highest BCUT2D eigenvalue weighted by atomic mass is 16.6. The summed E-state index contributed by atoms with van der Waals surface area (Å²) in [5.74, 6) is 0.184. The van der Waals surface area contributed by atoms with Crippen LogP contribution in [-0.2, 0) is 4.79 Å². The number of nitrogens with zero attached hydrogens (tertiary/aromatic N) is 2. The number of fused-ring (bicyclic) bond motifs is 1. The summed E-state index contributed by atoms with van der Waals surface area (Å²) >= 11 is 0. The second kappa shape index (κ2) is 9.68. The lowest BCUT2D eigenvalue weighted by Gasteiger charge is -2.01. The van der Waals surface area contributed by atoms with Gasteiger partial charge in [-0.1, -0.05) is 72.9 Å². The number of amides is 1. The van der Waals surface area contributed by atoms with Crippen LogP contribution >= 0.6 is 0 Å². The van der Waals surface area contributed by atoms with E-state index in [1.165, 1.54) is 6.08 Å². The molecule has 1 aliphatic heterocycles. The minimum atomic E-state index is -0.362. The standard InChI is InChI=1S/C18H17N3O2/c22-18-15-9-7-5-3-1-2-4-6-8-12-16-13-10-11-14-17(16)23-21-20-19-18/h1-6,8-15H,7H2,(H,19,21,22). The Bertz CT molecular complexity index is 698. The minimum Gasteiger partial charge on any atom is -0.338 e. The fraction of sp³-hybridized carbons (Fsp3) is 0.0556. The molecule has 1 aromatic rings. The molecule has 23 heavy (non-hydrogen) atoms. The average molecular weight is 307 g/mol. The first-order valence-electron chi connectivity index (χ1n) is 7.15. The van der Waals surface area contributed by atoms with E-state index < -0.39 is 0 Å². The van der Waals surface area contributed by atoms with Crippen molar-refractivity contribution in [2.75, 3.05) is 0 Å². The van der Waals surface area contributed by atoms with Crippen molar-refractivity contribution in [3.8, 4) is 5.75 Å². The number of para-hydroxylation sites is 1. The maximum absolute atomic E-state index is 11.5. The number of hydrogen-bond acceptors (Lipinski definition) is 4. The normalized spacial score (nSPS) is 15.4. The second-order valence-corrected chi connectivity index (χ2v) is 4.48. The predicted octanol–water partition coefficient (Wildman–Crippen LogP) is 4.11. The minimum absolute atomic E-state index is 0.362. The van der Waals surface area contributed by atoms with Gasteiger partial charge in [0.2, 0.25) is 0 Å². The van der Waals surface area contributed by atoms with E-state index in [1.807, 2.05) is 66.8 Å². The Morgan fingerprint density at radius 1 is 0.913 bits per heavy atom. The molecule has 0 saturated heterocycles. The molecule has 1 aliphatic rings. The van der Waals surface area contributed by atoms with Crippen molar-refractivity contribution in [2.45, 2.75) is 6.42 Å². The van der Waals surface area contributed by atoms with Crippen LogP contribution in [0, 0.1) is 0 Å². The van der Waals surface area contributed by atoms with Gasteiger partial charge in [-0.3, -0.25) is 4.79 Å². The van der Waals surface area contributed by atoms with Gasteiger partial charge in [0.1, 0.15) is 0 Å². The quantitative estimate of drug-likeness (QED) is 0.784. The van der Waals surface area contributed by atoms with Crippen LogP contribution in [0.2, 0.25) is 0 Å². The number of carbonyl (C=O) groups excluding carboxylic acids is 1. The first-order chi connectivity index (χ1) is 11.4. The molecule has 1 N–H and O–H groups in total. The smallest absolute Gasteiger partial charge is 0.265 e. The lowest BCUT2D eigenvalue weighted by molar-refractivity contribution is -0.116. The SMILES string of the molecule is O=C1C=CCC=CC=CC=CC=Cc2ccccc2ON=NN1. The van der Waals surface area contributed by atoms with Crippen molar-refractivity contribution in [1.82, 2.24) is 5.43 Å². The average Bonchev–Trinajstić information content (AvgIpc) is 2.57. The Morgan fingerprint density at radius 2 is 1.70 bits per heavy atom. The van der Waals surface area contributed by atoms with Crippen LogP contribution < -0.4 is 10.3 Å². The van der Waals surface area contributed by atoms with E-state index in [4.69, 9.17) is 4.84 Å². The third-order valence-corrected chi connectivity index (χ3v) is 2.77. The fourth-order valence-electron chi connectivity index (χ4n) is 1.70. The highest BCUT2D eigenvalue weighted by Gasteiger charge is 1.99. The Kier molecular flexibility index (Phi) is 6.80. The molecule has 5 nitrogen and oxygen atoms in total. The van der Waals surface area contributed by atoms with Crippen LogP contribution in [0.5, 0.6) is 5.75 Å². The van der Waals surface area contributed by atoms with Gasteiger partial charge >= 0.3 is 0 Å². The third-order valence-electron chi connectivity index (χ3n) is 2.77. The molecule has 2 rings (SSSR count). The summed E-state index contributed by atoms with van der Waals surface area (Å²) in [6.45, 7) is 0. The van der Waals surface area contributed by atoms with Gasteiger partial charge in [-0.2, -0.15) is 0 Å². The summed E-state index contributed by atoms with van der Waals surface area (Å²) < 4.78 is 0. The Labute approximate surface area is 135 Å². The Balaban J connectivity index is 2.17. The molecule has 0 atom stereocenters. The van der Waals surface area contributed by atoms with Crippen molar-refractivity contribution >= 4 is 12.0 Å². The second-order valence-electron chi connectivity index (χ2n) is 4.48. The van der Waals surface area contributed by atoms with Gasteiger partial charge in [-0.05, 0) is 17.7 Å². The van der Waals surface area contributed by atoms with Crippen LogP contribution in [0.3, 0.4) is 0 Å². The molecule has 0 saturated carbocycles. The molecule has 0 unspecified atom stereocenters. The number of hydrogen-bond donors (Lipinski definition) is 1. The molecule has 1 amide bonds. The number of benzene rings is 1. The molecular weight excluding hydrogens is 290 g/mol. The molecule has 116 valence electrons. The molecule has 0 aliphatic carbocycles. The molecule has 0 bridgehead atoms. The highest BCUT2D eigenvalue weighted by molar-refractivity contribution is 5.87. The van der Waals surface area contributed by atoms with Gasteiger partial charge in [0, 0.05) is 11.6 Å². The number of rotatable bonds is 0. The molecule has 0 aromatic heterocycles. The van der Waals surface area contributed by atoms with Gasteiger partial charge in [-0.25, -0.2) is 5.43 Å². The van der Waals surface area contributed by atoms with Crippen LogP contribution in [0.25, 0.3) is 6.08 Å². The summed E-state index contributed by atoms with van der Waals surface area (Å²) in [7, 11) is 0. The zero-order valence-electron chi connectivity index (χ0n) is 12.5. The maximum atomic E-state index is 11.5. The molecular formula is C18H17N3O2. The van der Waals surface area contributed by atoms with Crippen molar-refractivity contribution in [1.29, 1.82) is 0 Å². The van der Waals surface area contributed by atoms with Gasteiger partial charge in [-0.15, -0.1) is 0 Å². The van der Waals surface area contributed by atoms with E-state index in [0.717, 1.165) is 5.56 Å². The highest BCUT2D eigenvalue weighted by Crippen LogP contribution is 2.19. The zero-order chi connectivity index (χ0) is 16.2.